The highest BCUT2D eigenvalue weighted by Crippen LogP contribution is 2.39. The second-order valence-corrected chi connectivity index (χ2v) is 6.63. The standard InChI is InChI=1S/C9H12F3N3O6S/c1-8(2)20-6-5(14-15-13)4(19-7(6)21-8)3-18-22(16,17)9(10,11)12/h4-7H,3H2,1-2H3. The summed E-state index contributed by atoms with van der Waals surface area (Å²) in [5.74, 6) is -1.03. The molecule has 0 aliphatic carbocycles. The van der Waals surface area contributed by atoms with Gasteiger partial charge in [0, 0.05) is 4.91 Å². The van der Waals surface area contributed by atoms with Crippen LogP contribution in [0.1, 0.15) is 13.8 Å². The highest BCUT2D eigenvalue weighted by atomic mass is 32.2. The van der Waals surface area contributed by atoms with Gasteiger partial charge in [-0.15, -0.1) is 0 Å². The Kier molecular flexibility index (Phi) is 4.32. The molecule has 2 heterocycles. The molecule has 2 aliphatic rings. The molecule has 2 fully saturated rings. The van der Waals surface area contributed by atoms with Crippen molar-refractivity contribution in [2.75, 3.05) is 6.61 Å². The van der Waals surface area contributed by atoms with Gasteiger partial charge in [-0.1, -0.05) is 5.11 Å². The van der Waals surface area contributed by atoms with Gasteiger partial charge in [0.05, 0.1) is 18.8 Å². The molecule has 0 bridgehead atoms. The predicted octanol–water partition coefficient (Wildman–Crippen LogP) is 1.41. The fourth-order valence-electron chi connectivity index (χ4n) is 2.12. The molecule has 2 saturated heterocycles. The average Bonchev–Trinajstić information content (AvgIpc) is 2.79. The summed E-state index contributed by atoms with van der Waals surface area (Å²) in [5, 5.41) is 3.37. The molecular formula is C9H12F3N3O6S. The minimum absolute atomic E-state index is 0.868. The van der Waals surface area contributed by atoms with E-state index in [4.69, 9.17) is 19.7 Å². The maximum Gasteiger partial charge on any atom is 0.523 e. The second kappa shape index (κ2) is 5.51. The van der Waals surface area contributed by atoms with Crippen LogP contribution in [0.3, 0.4) is 0 Å². The second-order valence-electron chi connectivity index (χ2n) is 5.02. The lowest BCUT2D eigenvalue weighted by Gasteiger charge is -2.23. The molecular weight excluding hydrogens is 335 g/mol. The van der Waals surface area contributed by atoms with Crippen molar-refractivity contribution in [2.24, 2.45) is 5.11 Å². The lowest BCUT2D eigenvalue weighted by molar-refractivity contribution is -0.208. The van der Waals surface area contributed by atoms with Crippen molar-refractivity contribution in [2.45, 2.75) is 49.7 Å². The van der Waals surface area contributed by atoms with E-state index in [0.29, 0.717) is 0 Å². The van der Waals surface area contributed by atoms with Crippen molar-refractivity contribution >= 4 is 10.1 Å². The first-order valence-electron chi connectivity index (χ1n) is 5.98. The predicted molar refractivity (Wildman–Crippen MR) is 62.6 cm³/mol. The molecule has 0 saturated carbocycles. The summed E-state index contributed by atoms with van der Waals surface area (Å²) in [5.41, 5.74) is 2.97. The molecule has 0 aromatic carbocycles. The number of fused-ring (bicyclic) bond motifs is 1. The van der Waals surface area contributed by atoms with Gasteiger partial charge in [0.25, 0.3) is 0 Å². The molecule has 4 unspecified atom stereocenters. The van der Waals surface area contributed by atoms with Crippen LogP contribution in [-0.4, -0.2) is 50.9 Å². The van der Waals surface area contributed by atoms with Gasteiger partial charge in [-0.05, 0) is 19.4 Å². The van der Waals surface area contributed by atoms with Crippen LogP contribution in [0, 0.1) is 0 Å². The summed E-state index contributed by atoms with van der Waals surface area (Å²) in [6.07, 6.45) is -3.11. The highest BCUT2D eigenvalue weighted by molar-refractivity contribution is 7.87. The van der Waals surface area contributed by atoms with E-state index >= 15 is 0 Å². The lowest BCUT2D eigenvalue weighted by atomic mass is 10.1. The highest BCUT2D eigenvalue weighted by Gasteiger charge is 2.55. The maximum atomic E-state index is 12.2. The van der Waals surface area contributed by atoms with Crippen molar-refractivity contribution in [1.29, 1.82) is 0 Å². The smallest absolute Gasteiger partial charge is 0.344 e. The molecule has 9 nitrogen and oxygen atoms in total. The van der Waals surface area contributed by atoms with Crippen LogP contribution in [0.25, 0.3) is 10.4 Å². The summed E-state index contributed by atoms with van der Waals surface area (Å²) in [4.78, 5) is 2.55. The molecule has 4 atom stereocenters. The zero-order valence-electron chi connectivity index (χ0n) is 11.3. The molecule has 0 radical (unpaired) electrons. The quantitative estimate of drug-likeness (QED) is 0.249. The first-order chi connectivity index (χ1) is 9.97. The number of hydrogen-bond donors (Lipinski definition) is 0. The van der Waals surface area contributed by atoms with Crippen molar-refractivity contribution in [3.8, 4) is 0 Å². The van der Waals surface area contributed by atoms with Crippen LogP contribution in [0.4, 0.5) is 13.2 Å². The summed E-state index contributed by atoms with van der Waals surface area (Å²) in [7, 11) is -5.77. The Morgan fingerprint density at radius 3 is 2.55 bits per heavy atom. The van der Waals surface area contributed by atoms with E-state index in [9.17, 15) is 21.6 Å². The molecule has 0 amide bonds. The SMILES string of the molecule is CC1(C)OC2OC(COS(=O)(=O)C(F)(F)F)C(N=[N+]=[N-])C2O1. The summed E-state index contributed by atoms with van der Waals surface area (Å²) >= 11 is 0. The summed E-state index contributed by atoms with van der Waals surface area (Å²) < 4.78 is 78.2. The minimum atomic E-state index is -5.77. The molecule has 0 aromatic heterocycles. The fourth-order valence-corrected chi connectivity index (χ4v) is 2.57. The first-order valence-corrected chi connectivity index (χ1v) is 7.39. The number of halogens is 3. The maximum absolute atomic E-state index is 12.2. The van der Waals surface area contributed by atoms with Crippen LogP contribution in [0.15, 0.2) is 5.11 Å². The molecule has 0 aromatic rings. The average molecular weight is 347 g/mol. The Bertz CT molecular complexity index is 588. The van der Waals surface area contributed by atoms with E-state index < -0.39 is 52.6 Å². The zero-order chi connectivity index (χ0) is 16.8. The van der Waals surface area contributed by atoms with E-state index in [-0.39, 0.29) is 0 Å². The van der Waals surface area contributed by atoms with Crippen LogP contribution >= 0.6 is 0 Å². The van der Waals surface area contributed by atoms with Gasteiger partial charge in [-0.25, -0.2) is 0 Å². The number of hydrogen-bond acceptors (Lipinski definition) is 7. The summed E-state index contributed by atoms with van der Waals surface area (Å²) in [6, 6.07) is -1.08. The molecule has 2 aliphatic heterocycles. The van der Waals surface area contributed by atoms with E-state index in [1.807, 2.05) is 0 Å². The Hall–Kier alpha value is -1.11. The normalized spacial score (nSPS) is 34.2. The fraction of sp³-hybridized carbons (Fsp3) is 1.00. The summed E-state index contributed by atoms with van der Waals surface area (Å²) in [6.45, 7) is 2.16. The Morgan fingerprint density at radius 1 is 1.36 bits per heavy atom. The molecule has 13 heteroatoms. The van der Waals surface area contributed by atoms with Crippen molar-refractivity contribution in [3.63, 3.8) is 0 Å². The molecule has 2 rings (SSSR count). The molecule has 0 spiro atoms. The third kappa shape index (κ3) is 3.29. The van der Waals surface area contributed by atoms with Crippen molar-refractivity contribution < 1.29 is 40.0 Å². The monoisotopic (exact) mass is 347 g/mol. The number of ether oxygens (including phenoxy) is 3. The largest absolute Gasteiger partial charge is 0.523 e. The lowest BCUT2D eigenvalue weighted by Crippen LogP contribution is -2.37. The van der Waals surface area contributed by atoms with Gasteiger partial charge >= 0.3 is 15.6 Å². The van der Waals surface area contributed by atoms with Crippen molar-refractivity contribution in [1.82, 2.24) is 0 Å². The van der Waals surface area contributed by atoms with E-state index in [0.717, 1.165) is 0 Å². The molecule has 22 heavy (non-hydrogen) atoms. The first kappa shape index (κ1) is 17.2. The topological polar surface area (TPSA) is 120 Å². The molecule has 126 valence electrons. The Labute approximate surface area is 123 Å². The van der Waals surface area contributed by atoms with Gasteiger partial charge in [-0.3, -0.25) is 4.18 Å². The third-order valence-electron chi connectivity index (χ3n) is 2.97. The van der Waals surface area contributed by atoms with E-state index in [1.165, 1.54) is 0 Å². The van der Waals surface area contributed by atoms with Gasteiger partial charge in [0.15, 0.2) is 12.1 Å². The Balaban J connectivity index is 2.08. The van der Waals surface area contributed by atoms with Crippen LogP contribution in [0.5, 0.6) is 0 Å². The zero-order valence-corrected chi connectivity index (χ0v) is 12.2. The van der Waals surface area contributed by atoms with Gasteiger partial charge < -0.3 is 14.2 Å². The number of rotatable bonds is 4. The van der Waals surface area contributed by atoms with Crippen LogP contribution in [-0.2, 0) is 28.5 Å². The third-order valence-corrected chi connectivity index (χ3v) is 3.98. The van der Waals surface area contributed by atoms with E-state index in [2.05, 4.69) is 14.2 Å². The van der Waals surface area contributed by atoms with Crippen LogP contribution in [0.2, 0.25) is 0 Å². The number of nitrogens with zero attached hydrogens (tertiary/aromatic N) is 3. The molecule has 0 N–H and O–H groups in total. The minimum Gasteiger partial charge on any atom is -0.344 e. The van der Waals surface area contributed by atoms with Gasteiger partial charge in [0.2, 0.25) is 0 Å². The Morgan fingerprint density at radius 2 is 2.00 bits per heavy atom. The van der Waals surface area contributed by atoms with Crippen LogP contribution < -0.4 is 0 Å². The number of azide groups is 1. The van der Waals surface area contributed by atoms with Crippen molar-refractivity contribution in [3.05, 3.63) is 10.4 Å². The number of alkyl halides is 3. The van der Waals surface area contributed by atoms with E-state index in [1.54, 1.807) is 13.8 Å². The van der Waals surface area contributed by atoms with Gasteiger partial charge in [0.1, 0.15) is 6.10 Å². The van der Waals surface area contributed by atoms with Gasteiger partial charge in [-0.2, -0.15) is 21.6 Å².